The van der Waals surface area contributed by atoms with E-state index in [1.807, 2.05) is 16.7 Å². The molecule has 2 bridgehead atoms. The van der Waals surface area contributed by atoms with Crippen LogP contribution in [0.5, 0.6) is 0 Å². The zero-order valence-electron chi connectivity index (χ0n) is 17.9. The number of carbonyl (C=O) groups is 1. The molecule has 0 aromatic carbocycles. The number of pyridine rings is 2. The second-order valence-electron chi connectivity index (χ2n) is 9.36. The van der Waals surface area contributed by atoms with Crippen LogP contribution >= 0.6 is 0 Å². The fourth-order valence-corrected chi connectivity index (χ4v) is 5.42. The number of nitrogens with zero attached hydrogens (tertiary/aromatic N) is 4. The van der Waals surface area contributed by atoms with Gasteiger partial charge in [0, 0.05) is 48.8 Å². The third-order valence-corrected chi connectivity index (χ3v) is 6.87. The number of carbonyl (C=O) groups excluding carboxylic acids is 1. The van der Waals surface area contributed by atoms with Gasteiger partial charge in [-0.1, -0.05) is 6.07 Å². The van der Waals surface area contributed by atoms with Crippen molar-refractivity contribution in [3.8, 4) is 0 Å². The lowest BCUT2D eigenvalue weighted by atomic mass is 9.42. The molecule has 0 aliphatic heterocycles. The topological polar surface area (TPSA) is 93.3 Å². The van der Waals surface area contributed by atoms with Gasteiger partial charge in [-0.3, -0.25) is 19.0 Å². The van der Waals surface area contributed by atoms with E-state index in [1.165, 1.54) is 10.5 Å². The van der Waals surface area contributed by atoms with Crippen molar-refractivity contribution in [2.24, 2.45) is 5.41 Å². The second kappa shape index (κ2) is 7.21. The average molecular weight is 446 g/mol. The number of aromatic nitrogens is 4. The molecule has 9 heteroatoms. The van der Waals surface area contributed by atoms with Crippen LogP contribution in [-0.4, -0.2) is 37.1 Å². The van der Waals surface area contributed by atoms with Crippen molar-refractivity contribution in [3.63, 3.8) is 0 Å². The minimum Gasteiger partial charge on any atom is -0.333 e. The number of amides is 1. The monoisotopic (exact) mass is 446 g/mol. The Kier molecular flexibility index (Phi) is 4.38. The third-order valence-electron chi connectivity index (χ3n) is 6.87. The fraction of sp³-hybridized carbons (Fsp3) is 0.333. The van der Waals surface area contributed by atoms with Crippen molar-refractivity contribution in [3.05, 3.63) is 76.7 Å². The Morgan fingerprint density at radius 3 is 2.85 bits per heavy atom. The van der Waals surface area contributed by atoms with Crippen LogP contribution < -0.4 is 16.2 Å². The van der Waals surface area contributed by atoms with Crippen LogP contribution in [0.25, 0.3) is 16.6 Å². The summed E-state index contributed by atoms with van der Waals surface area (Å²) in [7, 11) is 0. The first-order valence-electron chi connectivity index (χ1n) is 11.0. The highest BCUT2D eigenvalue weighted by atomic mass is 19.1. The van der Waals surface area contributed by atoms with E-state index in [0.717, 1.165) is 23.1 Å². The van der Waals surface area contributed by atoms with Gasteiger partial charge in [-0.15, -0.1) is 0 Å². The zero-order chi connectivity index (χ0) is 22.6. The molecule has 4 aromatic heterocycles. The van der Waals surface area contributed by atoms with Crippen molar-refractivity contribution < 1.29 is 9.18 Å². The molecule has 3 fully saturated rings. The smallest absolute Gasteiger partial charge is 0.271 e. The Morgan fingerprint density at radius 1 is 1.18 bits per heavy atom. The molecular weight excluding hydrogens is 423 g/mol. The second-order valence-corrected chi connectivity index (χ2v) is 9.36. The summed E-state index contributed by atoms with van der Waals surface area (Å²) >= 11 is 0. The Bertz CT molecular complexity index is 1440. The number of alkyl halides is 1. The molecule has 4 aromatic rings. The summed E-state index contributed by atoms with van der Waals surface area (Å²) in [5, 5.41) is 7.32. The van der Waals surface area contributed by atoms with Gasteiger partial charge in [0.1, 0.15) is 17.0 Å². The lowest BCUT2D eigenvalue weighted by Crippen LogP contribution is -2.67. The van der Waals surface area contributed by atoms with Crippen LogP contribution in [0.4, 0.5) is 4.39 Å². The van der Waals surface area contributed by atoms with Crippen LogP contribution in [0.15, 0.2) is 59.8 Å². The zero-order valence-corrected chi connectivity index (χ0v) is 17.9. The molecule has 0 unspecified atom stereocenters. The molecule has 4 heterocycles. The number of halogens is 1. The molecule has 7 rings (SSSR count). The van der Waals surface area contributed by atoms with Gasteiger partial charge in [-0.25, -0.2) is 9.37 Å². The van der Waals surface area contributed by atoms with Gasteiger partial charge in [0.15, 0.2) is 0 Å². The van der Waals surface area contributed by atoms with Gasteiger partial charge in [0.05, 0.1) is 12.2 Å². The van der Waals surface area contributed by atoms with Gasteiger partial charge < -0.3 is 15.2 Å². The molecule has 0 saturated heterocycles. The van der Waals surface area contributed by atoms with E-state index in [-0.39, 0.29) is 23.3 Å². The largest absolute Gasteiger partial charge is 0.333 e. The number of fused-ring (bicyclic) bond motifs is 2. The summed E-state index contributed by atoms with van der Waals surface area (Å²) in [6.07, 6.45) is 7.10. The van der Waals surface area contributed by atoms with Crippen molar-refractivity contribution in [2.45, 2.75) is 38.1 Å². The highest BCUT2D eigenvalue weighted by Crippen LogP contribution is 2.69. The minimum absolute atomic E-state index is 0.0766. The van der Waals surface area contributed by atoms with Crippen molar-refractivity contribution in [1.29, 1.82) is 0 Å². The summed E-state index contributed by atoms with van der Waals surface area (Å²) in [6.45, 7) is 1.61. The maximum Gasteiger partial charge on any atom is 0.271 e. The van der Waals surface area contributed by atoms with Gasteiger partial charge >= 0.3 is 0 Å². The van der Waals surface area contributed by atoms with Crippen LogP contribution in [-0.2, 0) is 13.2 Å². The molecule has 8 nitrogen and oxygen atoms in total. The SMILES string of the molecule is O=C(NCn1c(CNCC23CC(F)(C2)C3)cc2cnccc21)c1cc(=O)n2ccccc2n1. The normalized spacial score (nSPS) is 23.3. The minimum atomic E-state index is -0.897. The summed E-state index contributed by atoms with van der Waals surface area (Å²) in [6, 6.07) is 10.4. The number of hydrogen-bond acceptors (Lipinski definition) is 5. The summed E-state index contributed by atoms with van der Waals surface area (Å²) in [4.78, 5) is 33.6. The quantitative estimate of drug-likeness (QED) is 0.455. The van der Waals surface area contributed by atoms with E-state index in [1.54, 1.807) is 36.8 Å². The maximum absolute atomic E-state index is 13.8. The molecule has 0 radical (unpaired) electrons. The van der Waals surface area contributed by atoms with E-state index in [2.05, 4.69) is 20.6 Å². The maximum atomic E-state index is 13.8. The van der Waals surface area contributed by atoms with Crippen molar-refractivity contribution in [2.75, 3.05) is 6.54 Å². The molecule has 0 spiro atoms. The van der Waals surface area contributed by atoms with Crippen LogP contribution in [0.2, 0.25) is 0 Å². The summed E-state index contributed by atoms with van der Waals surface area (Å²) in [5.74, 6) is -0.421. The van der Waals surface area contributed by atoms with E-state index in [4.69, 9.17) is 0 Å². The van der Waals surface area contributed by atoms with Crippen LogP contribution in [0.3, 0.4) is 0 Å². The third kappa shape index (κ3) is 3.39. The van der Waals surface area contributed by atoms with Gasteiger partial charge in [-0.2, -0.15) is 0 Å². The van der Waals surface area contributed by atoms with E-state index < -0.39 is 11.6 Å². The lowest BCUT2D eigenvalue weighted by Gasteiger charge is -2.66. The average Bonchev–Trinajstić information content (AvgIpc) is 3.12. The Labute approximate surface area is 188 Å². The molecular formula is C24H23FN6O2. The van der Waals surface area contributed by atoms with Gasteiger partial charge in [0.25, 0.3) is 11.5 Å². The summed E-state index contributed by atoms with van der Waals surface area (Å²) in [5.41, 5.74) is 1.35. The first-order valence-corrected chi connectivity index (χ1v) is 11.0. The standard InChI is InChI=1S/C24H23FN6O2/c25-24-11-23(12-24,13-24)14-27-10-17-7-16-9-26-5-4-19(16)31(17)15-28-22(33)18-8-21(32)30-6-2-1-3-20(30)29-18/h1-9,27H,10-15H2,(H,28,33). The Hall–Kier alpha value is -3.59. The highest BCUT2D eigenvalue weighted by molar-refractivity contribution is 5.92. The predicted molar refractivity (Wildman–Crippen MR) is 120 cm³/mol. The van der Waals surface area contributed by atoms with E-state index >= 15 is 0 Å². The molecule has 168 valence electrons. The number of rotatable bonds is 7. The lowest BCUT2D eigenvalue weighted by molar-refractivity contribution is -0.209. The number of nitrogens with one attached hydrogen (secondary N) is 2. The Balaban J connectivity index is 1.19. The first-order chi connectivity index (χ1) is 15.9. The fourth-order valence-electron chi connectivity index (χ4n) is 5.42. The molecule has 33 heavy (non-hydrogen) atoms. The van der Waals surface area contributed by atoms with Crippen molar-refractivity contribution >= 4 is 22.5 Å². The molecule has 2 N–H and O–H groups in total. The molecule has 0 atom stereocenters. The predicted octanol–water partition coefficient (Wildman–Crippen LogP) is 2.41. The highest BCUT2D eigenvalue weighted by Gasteiger charge is 2.68. The van der Waals surface area contributed by atoms with Crippen LogP contribution in [0.1, 0.15) is 35.4 Å². The molecule has 1 amide bonds. The van der Waals surface area contributed by atoms with Gasteiger partial charge in [0.2, 0.25) is 0 Å². The first kappa shape index (κ1) is 20.0. The Morgan fingerprint density at radius 2 is 2.03 bits per heavy atom. The van der Waals surface area contributed by atoms with E-state index in [0.29, 0.717) is 31.5 Å². The number of hydrogen-bond donors (Lipinski definition) is 2. The van der Waals surface area contributed by atoms with E-state index in [9.17, 15) is 14.0 Å². The van der Waals surface area contributed by atoms with Crippen molar-refractivity contribution in [1.82, 2.24) is 29.6 Å². The molecule has 3 saturated carbocycles. The van der Waals surface area contributed by atoms with Crippen LogP contribution in [0, 0.1) is 5.41 Å². The molecule has 3 aliphatic carbocycles. The van der Waals surface area contributed by atoms with Gasteiger partial charge in [-0.05, 0) is 48.9 Å². The summed E-state index contributed by atoms with van der Waals surface area (Å²) < 4.78 is 17.2. The molecule has 3 aliphatic rings.